The van der Waals surface area contributed by atoms with Crippen LogP contribution in [0.3, 0.4) is 0 Å². The first-order valence-corrected chi connectivity index (χ1v) is 13.4. The Balaban J connectivity index is 1.61. The van der Waals surface area contributed by atoms with Crippen LogP contribution in [0.2, 0.25) is 5.02 Å². The summed E-state index contributed by atoms with van der Waals surface area (Å²) in [6.45, 7) is 1.67. The van der Waals surface area contributed by atoms with Gasteiger partial charge in [-0.3, -0.25) is 4.72 Å². The van der Waals surface area contributed by atoms with Gasteiger partial charge in [0.2, 0.25) is 0 Å². The third-order valence-electron chi connectivity index (χ3n) is 5.20. The zero-order chi connectivity index (χ0) is 23.2. The number of aromatic hydroxyl groups is 1. The predicted molar refractivity (Wildman–Crippen MR) is 136 cm³/mol. The molecule has 5 nitrogen and oxygen atoms in total. The molecule has 0 atom stereocenters. The normalized spacial score (nSPS) is 11.8. The number of para-hydroxylation sites is 1. The van der Waals surface area contributed by atoms with E-state index in [1.54, 1.807) is 49.4 Å². The van der Waals surface area contributed by atoms with Crippen molar-refractivity contribution in [3.63, 3.8) is 0 Å². The van der Waals surface area contributed by atoms with E-state index in [4.69, 9.17) is 11.6 Å². The van der Waals surface area contributed by atoms with Gasteiger partial charge in [0.05, 0.1) is 25.7 Å². The number of anilines is 1. The summed E-state index contributed by atoms with van der Waals surface area (Å²) >= 11 is 8.96. The van der Waals surface area contributed by atoms with Gasteiger partial charge in [-0.25, -0.2) is 13.4 Å². The summed E-state index contributed by atoms with van der Waals surface area (Å²) in [5.74, 6) is 0.0803. The first-order valence-electron chi connectivity index (χ1n) is 9.89. The van der Waals surface area contributed by atoms with Gasteiger partial charge in [0, 0.05) is 15.8 Å². The number of sulfonamides is 1. The third kappa shape index (κ3) is 4.15. The second kappa shape index (κ2) is 8.53. The van der Waals surface area contributed by atoms with Crippen LogP contribution in [-0.2, 0) is 10.0 Å². The van der Waals surface area contributed by atoms with E-state index in [2.05, 4.69) is 9.71 Å². The molecule has 1 heterocycles. The molecule has 0 unspecified atom stereocenters. The number of thiazole rings is 1. The molecule has 0 radical (unpaired) electrons. The van der Waals surface area contributed by atoms with E-state index in [9.17, 15) is 13.5 Å². The van der Waals surface area contributed by atoms with Gasteiger partial charge in [-0.1, -0.05) is 65.8 Å². The number of nitrogens with one attached hydrogen (secondary N) is 1. The standard InChI is InChI=1S/C24H17ClN2O3S3/c1-14-17(25)9-6-12-22(14)33(29,30)27-19-13-21(23(28)16-8-3-2-7-15(16)19)32-24-26-18-10-4-5-11-20(18)31-24/h2-13,27-28H,1H3. The minimum absolute atomic E-state index is 0.0803. The van der Waals surface area contributed by atoms with Crippen molar-refractivity contribution in [2.24, 2.45) is 0 Å². The molecule has 0 spiro atoms. The average Bonchev–Trinajstić information content (AvgIpc) is 3.21. The van der Waals surface area contributed by atoms with E-state index >= 15 is 0 Å². The van der Waals surface area contributed by atoms with Crippen LogP contribution in [0.4, 0.5) is 5.69 Å². The fourth-order valence-electron chi connectivity index (χ4n) is 3.56. The molecule has 5 aromatic rings. The molecular formula is C24H17ClN2O3S3. The lowest BCUT2D eigenvalue weighted by Gasteiger charge is -2.15. The molecule has 166 valence electrons. The molecule has 0 aliphatic rings. The molecule has 0 saturated heterocycles. The van der Waals surface area contributed by atoms with Crippen molar-refractivity contribution >= 4 is 71.4 Å². The van der Waals surface area contributed by atoms with Crippen molar-refractivity contribution in [1.29, 1.82) is 0 Å². The summed E-state index contributed by atoms with van der Waals surface area (Å²) < 4.78 is 31.0. The van der Waals surface area contributed by atoms with Crippen LogP contribution < -0.4 is 4.72 Å². The highest BCUT2D eigenvalue weighted by Gasteiger charge is 2.21. The van der Waals surface area contributed by atoms with E-state index in [0.29, 0.717) is 31.9 Å². The Morgan fingerprint density at radius 3 is 2.52 bits per heavy atom. The number of phenolic OH excluding ortho intramolecular Hbond substituents is 1. The van der Waals surface area contributed by atoms with E-state index < -0.39 is 10.0 Å². The molecular weight excluding hydrogens is 496 g/mol. The topological polar surface area (TPSA) is 79.3 Å². The summed E-state index contributed by atoms with van der Waals surface area (Å²) in [5.41, 5.74) is 1.72. The predicted octanol–water partition coefficient (Wildman–Crippen LogP) is 7.07. The van der Waals surface area contributed by atoms with Gasteiger partial charge in [0.25, 0.3) is 10.0 Å². The van der Waals surface area contributed by atoms with Gasteiger partial charge in [-0.15, -0.1) is 11.3 Å². The molecule has 33 heavy (non-hydrogen) atoms. The van der Waals surface area contributed by atoms with Crippen LogP contribution in [0.1, 0.15) is 5.56 Å². The van der Waals surface area contributed by atoms with Crippen molar-refractivity contribution in [1.82, 2.24) is 4.98 Å². The molecule has 0 bridgehead atoms. The smallest absolute Gasteiger partial charge is 0.262 e. The highest BCUT2D eigenvalue weighted by atomic mass is 35.5. The zero-order valence-corrected chi connectivity index (χ0v) is 20.4. The maximum atomic E-state index is 13.2. The van der Waals surface area contributed by atoms with Gasteiger partial charge in [-0.2, -0.15) is 0 Å². The highest BCUT2D eigenvalue weighted by molar-refractivity contribution is 8.01. The molecule has 4 aromatic carbocycles. The fraction of sp³-hybridized carbons (Fsp3) is 0.0417. The minimum atomic E-state index is -3.92. The highest BCUT2D eigenvalue weighted by Crippen LogP contribution is 2.44. The van der Waals surface area contributed by atoms with Crippen molar-refractivity contribution in [2.45, 2.75) is 21.1 Å². The van der Waals surface area contributed by atoms with Crippen molar-refractivity contribution in [2.75, 3.05) is 4.72 Å². The number of phenols is 1. The Morgan fingerprint density at radius 2 is 1.73 bits per heavy atom. The maximum absolute atomic E-state index is 13.2. The average molecular weight is 513 g/mol. The number of nitrogens with zero attached hydrogens (tertiary/aromatic N) is 1. The Morgan fingerprint density at radius 1 is 1.00 bits per heavy atom. The Bertz CT molecular complexity index is 1600. The maximum Gasteiger partial charge on any atom is 0.262 e. The van der Waals surface area contributed by atoms with E-state index in [1.165, 1.54) is 29.2 Å². The van der Waals surface area contributed by atoms with Gasteiger partial charge in [-0.05, 0) is 42.8 Å². The number of benzene rings is 4. The summed E-state index contributed by atoms with van der Waals surface area (Å²) in [7, 11) is -3.92. The molecule has 0 aliphatic heterocycles. The van der Waals surface area contributed by atoms with Crippen LogP contribution in [0.15, 0.2) is 86.9 Å². The van der Waals surface area contributed by atoms with E-state index in [0.717, 1.165) is 14.6 Å². The molecule has 0 saturated carbocycles. The number of hydrogen-bond acceptors (Lipinski definition) is 6. The van der Waals surface area contributed by atoms with Crippen LogP contribution in [-0.4, -0.2) is 18.5 Å². The van der Waals surface area contributed by atoms with Gasteiger partial charge in [0.15, 0.2) is 4.34 Å². The largest absolute Gasteiger partial charge is 0.506 e. The lowest BCUT2D eigenvalue weighted by molar-refractivity contribution is 0.469. The lowest BCUT2D eigenvalue weighted by Crippen LogP contribution is -2.14. The number of hydrogen-bond donors (Lipinski definition) is 2. The molecule has 0 aliphatic carbocycles. The number of aromatic nitrogens is 1. The van der Waals surface area contributed by atoms with Crippen LogP contribution >= 0.6 is 34.7 Å². The Labute approximate surface area is 204 Å². The van der Waals surface area contributed by atoms with Crippen molar-refractivity contribution in [3.8, 4) is 5.75 Å². The minimum Gasteiger partial charge on any atom is -0.506 e. The van der Waals surface area contributed by atoms with Crippen molar-refractivity contribution in [3.05, 3.63) is 83.4 Å². The first kappa shape index (κ1) is 22.0. The Kier molecular flexibility index (Phi) is 5.70. The third-order valence-corrected chi connectivity index (χ3v) is 9.25. The fourth-order valence-corrected chi connectivity index (χ4v) is 7.25. The monoisotopic (exact) mass is 512 g/mol. The van der Waals surface area contributed by atoms with Gasteiger partial charge >= 0.3 is 0 Å². The lowest BCUT2D eigenvalue weighted by atomic mass is 10.1. The van der Waals surface area contributed by atoms with E-state index in [1.807, 2.05) is 24.3 Å². The first-order chi connectivity index (χ1) is 15.8. The molecule has 0 amide bonds. The zero-order valence-electron chi connectivity index (χ0n) is 17.2. The molecule has 1 aromatic heterocycles. The second-order valence-electron chi connectivity index (χ2n) is 7.33. The summed E-state index contributed by atoms with van der Waals surface area (Å²) in [4.78, 5) is 5.23. The second-order valence-corrected chi connectivity index (χ2v) is 11.7. The number of fused-ring (bicyclic) bond motifs is 2. The van der Waals surface area contributed by atoms with Crippen LogP contribution in [0.5, 0.6) is 5.75 Å². The van der Waals surface area contributed by atoms with Crippen molar-refractivity contribution < 1.29 is 13.5 Å². The number of rotatable bonds is 5. The molecule has 5 rings (SSSR count). The van der Waals surface area contributed by atoms with Gasteiger partial charge in [0.1, 0.15) is 5.75 Å². The van der Waals surface area contributed by atoms with Gasteiger partial charge < -0.3 is 5.11 Å². The molecule has 2 N–H and O–H groups in total. The molecule has 0 fully saturated rings. The van der Waals surface area contributed by atoms with Crippen LogP contribution in [0.25, 0.3) is 21.0 Å². The Hall–Kier alpha value is -2.78. The quantitative estimate of drug-likeness (QED) is 0.246. The summed E-state index contributed by atoms with van der Waals surface area (Å²) in [6, 6.07) is 21.3. The number of halogens is 1. The summed E-state index contributed by atoms with van der Waals surface area (Å²) in [5, 5.41) is 12.5. The SMILES string of the molecule is Cc1c(Cl)cccc1S(=O)(=O)Nc1cc(Sc2nc3ccccc3s2)c(O)c2ccccc12. The van der Waals surface area contributed by atoms with E-state index in [-0.39, 0.29) is 10.6 Å². The summed E-state index contributed by atoms with van der Waals surface area (Å²) in [6.07, 6.45) is 0. The molecule has 9 heteroatoms. The van der Waals surface area contributed by atoms with Crippen LogP contribution in [0, 0.1) is 6.92 Å².